The van der Waals surface area contributed by atoms with Crippen molar-refractivity contribution in [3.05, 3.63) is 81.6 Å². The summed E-state index contributed by atoms with van der Waals surface area (Å²) in [6, 6.07) is 6.79. The van der Waals surface area contributed by atoms with E-state index < -0.39 is 28.9 Å². The van der Waals surface area contributed by atoms with Crippen LogP contribution in [0.2, 0.25) is 0 Å². The first kappa shape index (κ1) is 28.6. The molecule has 29 heavy (non-hydrogen) atoms. The fourth-order valence-electron chi connectivity index (χ4n) is 2.90. The van der Waals surface area contributed by atoms with Gasteiger partial charge < -0.3 is 10.8 Å². The van der Waals surface area contributed by atoms with E-state index in [0.717, 1.165) is 24.3 Å². The quantitative estimate of drug-likeness (QED) is 0.332. The van der Waals surface area contributed by atoms with E-state index in [1.54, 1.807) is 0 Å². The van der Waals surface area contributed by atoms with Crippen molar-refractivity contribution >= 4 is 11.4 Å². The third kappa shape index (κ3) is 5.44. The van der Waals surface area contributed by atoms with E-state index in [4.69, 9.17) is 0 Å². The molecule has 0 aromatic heterocycles. The van der Waals surface area contributed by atoms with Crippen molar-refractivity contribution in [2.24, 2.45) is 0 Å². The van der Waals surface area contributed by atoms with E-state index in [0.29, 0.717) is 24.3 Å². The van der Waals surface area contributed by atoms with E-state index in [-0.39, 0.29) is 88.0 Å². The van der Waals surface area contributed by atoms with Crippen molar-refractivity contribution in [2.75, 3.05) is 0 Å². The largest absolute Gasteiger partial charge is 0.807 e. The Hall–Kier alpha value is -0.432. The third-order valence-corrected chi connectivity index (χ3v) is 4.32. The fourth-order valence-corrected chi connectivity index (χ4v) is 2.90. The zero-order valence-corrected chi connectivity index (χ0v) is 21.1. The Morgan fingerprint density at radius 2 is 0.828 bits per heavy atom. The summed E-state index contributed by atoms with van der Waals surface area (Å²) in [4.78, 5) is 0. The van der Waals surface area contributed by atoms with Crippen LogP contribution in [0.15, 0.2) is 48.5 Å². The molecule has 0 aliphatic heterocycles. The van der Waals surface area contributed by atoms with Crippen molar-refractivity contribution in [3.8, 4) is 0 Å². The third-order valence-electron chi connectivity index (χ3n) is 4.32. The molecule has 0 saturated carbocycles. The summed E-state index contributed by atoms with van der Waals surface area (Å²) in [7, 11) is 0. The number of hydrogen-bond acceptors (Lipinski definition) is 0. The topological polar surface area (TPSA) is 44.6 Å². The molecule has 0 bridgehead atoms. The number of rotatable bonds is 4. The smallest absolute Gasteiger partial charge is 0.411 e. The van der Waals surface area contributed by atoms with Gasteiger partial charge in [-0.3, -0.25) is 0 Å². The molecule has 0 unspecified atom stereocenters. The molecule has 2 radical (unpaired) electrons. The van der Waals surface area contributed by atoms with Gasteiger partial charge in [0, 0.05) is 65.4 Å². The number of benzene rings is 2. The molecule has 2 rings (SSSR count). The molecule has 0 amide bonds. The van der Waals surface area contributed by atoms with Crippen LogP contribution in [0.4, 0.5) is 26.3 Å². The van der Waals surface area contributed by atoms with Crippen molar-refractivity contribution in [3.63, 3.8) is 0 Å². The molecule has 0 spiro atoms. The molecular formula is C19H14F6N2Y2-2. The molecule has 0 heterocycles. The predicted molar refractivity (Wildman–Crippen MR) is 92.1 cm³/mol. The van der Waals surface area contributed by atoms with Gasteiger partial charge in [-0.05, 0) is 22.3 Å². The molecule has 0 aliphatic carbocycles. The Morgan fingerprint density at radius 1 is 0.586 bits per heavy atom. The number of halogens is 6. The predicted octanol–water partition coefficient (Wildman–Crippen LogP) is 5.85. The van der Waals surface area contributed by atoms with Crippen molar-refractivity contribution < 1.29 is 91.8 Å². The summed E-state index contributed by atoms with van der Waals surface area (Å²) in [5.41, 5.74) is -6.55. The molecule has 2 nitrogen and oxygen atoms in total. The molecule has 0 fully saturated rings. The molecule has 0 saturated heterocycles. The Balaban J connectivity index is 0.00000392. The van der Waals surface area contributed by atoms with E-state index in [1.165, 1.54) is 13.8 Å². The van der Waals surface area contributed by atoms with E-state index >= 15 is 0 Å². The molecular weight excluding hydrogens is 548 g/mol. The maximum atomic E-state index is 13.9. The Bertz CT molecular complexity index is 783. The van der Waals surface area contributed by atoms with Crippen LogP contribution in [-0.4, -0.2) is 23.8 Å². The average Bonchev–Trinajstić information content (AvgIpc) is 2.53. The second-order valence-electron chi connectivity index (χ2n) is 6.07. The van der Waals surface area contributed by atoms with Crippen molar-refractivity contribution in [2.45, 2.75) is 31.6 Å². The van der Waals surface area contributed by atoms with E-state index in [1.807, 2.05) is 0 Å². The second-order valence-corrected chi connectivity index (χ2v) is 6.07. The summed E-state index contributed by atoms with van der Waals surface area (Å²) in [5, 5.41) is 18.8. The van der Waals surface area contributed by atoms with Crippen LogP contribution in [0.5, 0.6) is 0 Å². The van der Waals surface area contributed by atoms with Gasteiger partial charge in [-0.1, -0.05) is 62.4 Å². The normalized spacial score (nSPS) is 11.9. The van der Waals surface area contributed by atoms with E-state index in [9.17, 15) is 37.2 Å². The molecule has 10 heteroatoms. The van der Waals surface area contributed by atoms with Crippen LogP contribution in [0.25, 0.3) is 10.8 Å². The molecule has 150 valence electrons. The minimum Gasteiger partial charge on any atom is -0.807 e. The molecule has 2 aromatic carbocycles. The van der Waals surface area contributed by atoms with Gasteiger partial charge in [-0.25, -0.2) is 0 Å². The first-order valence-corrected chi connectivity index (χ1v) is 7.72. The Kier molecular flexibility index (Phi) is 10.1. The maximum Gasteiger partial charge on any atom is 0.411 e. The van der Waals surface area contributed by atoms with Crippen LogP contribution < -0.4 is 0 Å². The van der Waals surface area contributed by atoms with Crippen molar-refractivity contribution in [1.29, 1.82) is 0 Å². The summed E-state index contributed by atoms with van der Waals surface area (Å²) in [6.45, 7) is 2.53. The van der Waals surface area contributed by atoms with Crippen LogP contribution in [0.1, 0.15) is 36.1 Å². The second kappa shape index (κ2) is 10.3. The molecule has 0 N–H and O–H groups in total. The number of alkyl halides is 6. The number of hydrogen-bond donors (Lipinski definition) is 0. The standard InChI is InChI=1S/C19H14F6N2.2Y/c1-11(26)13-3-7-15(8-4-13)17(18(20,21)22,19(23,24)25)16-9-5-14(6-10-16)12(2)27;;/h3-10H,1-2H3;;/q-2;;. The maximum absolute atomic E-state index is 13.9. The van der Waals surface area contributed by atoms with Crippen LogP contribution in [-0.2, 0) is 70.8 Å². The van der Waals surface area contributed by atoms with Gasteiger partial charge in [0.1, 0.15) is 0 Å². The average molecular weight is 562 g/mol. The first-order chi connectivity index (χ1) is 12.3. The minimum absolute atomic E-state index is 0. The van der Waals surface area contributed by atoms with Crippen LogP contribution in [0.3, 0.4) is 0 Å². The SMILES string of the molecule is CC(=[N-])c1ccc(C(c2ccc(C(C)=[N-])cc2)(C(F)(F)F)C(F)(F)F)cc1.[Y].[Y]. The summed E-state index contributed by atoms with van der Waals surface area (Å²) in [6.07, 6.45) is -11.4. The monoisotopic (exact) mass is 562 g/mol. The number of nitrogens with zero attached hydrogens (tertiary/aromatic N) is 2. The van der Waals surface area contributed by atoms with Gasteiger partial charge in [-0.2, -0.15) is 37.8 Å². The Labute approximate surface area is 214 Å². The van der Waals surface area contributed by atoms with Crippen molar-refractivity contribution in [1.82, 2.24) is 0 Å². The van der Waals surface area contributed by atoms with Gasteiger partial charge >= 0.3 is 12.4 Å². The Morgan fingerprint density at radius 3 is 1.00 bits per heavy atom. The molecule has 0 aliphatic rings. The zero-order valence-electron chi connectivity index (χ0n) is 15.4. The zero-order chi connectivity index (χ0) is 20.6. The van der Waals surface area contributed by atoms with Crippen LogP contribution in [0, 0.1) is 0 Å². The van der Waals surface area contributed by atoms with E-state index in [2.05, 4.69) is 0 Å². The molecule has 0 atom stereocenters. The fraction of sp³-hybridized carbons (Fsp3) is 0.263. The first-order valence-electron chi connectivity index (χ1n) is 7.72. The van der Waals surface area contributed by atoms with Crippen LogP contribution >= 0.6 is 0 Å². The van der Waals surface area contributed by atoms with Gasteiger partial charge in [0.25, 0.3) is 0 Å². The van der Waals surface area contributed by atoms with Gasteiger partial charge in [0.15, 0.2) is 0 Å². The summed E-state index contributed by atoms with van der Waals surface area (Å²) >= 11 is 0. The minimum atomic E-state index is -5.69. The van der Waals surface area contributed by atoms with Gasteiger partial charge in [-0.15, -0.1) is 0 Å². The van der Waals surface area contributed by atoms with Gasteiger partial charge in [0.2, 0.25) is 5.41 Å². The van der Waals surface area contributed by atoms with Gasteiger partial charge in [0.05, 0.1) is 0 Å². The summed E-state index contributed by atoms with van der Waals surface area (Å²) < 4.78 is 83.6. The molecule has 2 aromatic rings. The summed E-state index contributed by atoms with van der Waals surface area (Å²) in [5.74, 6) is 0.